The van der Waals surface area contributed by atoms with E-state index in [1.54, 1.807) is 24.3 Å². The summed E-state index contributed by atoms with van der Waals surface area (Å²) < 4.78 is 0. The van der Waals surface area contributed by atoms with Crippen molar-refractivity contribution >= 4 is 29.2 Å². The topological polar surface area (TPSA) is 139 Å². The molecule has 8 nitrogen and oxygen atoms in total. The average Bonchev–Trinajstić information content (AvgIpc) is 2.45. The second kappa shape index (κ2) is 7.99. The third kappa shape index (κ3) is 5.80. The Morgan fingerprint density at radius 3 is 2.00 bits per heavy atom. The molecule has 0 aliphatic heterocycles. The number of nitrogens with one attached hydrogen (secondary N) is 3. The van der Waals surface area contributed by atoms with E-state index < -0.39 is 12.1 Å². The van der Waals surface area contributed by atoms with E-state index in [0.29, 0.717) is 11.4 Å². The van der Waals surface area contributed by atoms with Crippen molar-refractivity contribution < 1.29 is 14.4 Å². The highest BCUT2D eigenvalue weighted by Gasteiger charge is 2.17. The molecule has 0 spiro atoms. The fraction of sp³-hybridized carbons (Fsp3) is 0.357. The van der Waals surface area contributed by atoms with Crippen molar-refractivity contribution in [2.75, 3.05) is 17.2 Å². The van der Waals surface area contributed by atoms with Crippen LogP contribution in [0.5, 0.6) is 0 Å². The number of urea groups is 1. The fourth-order valence-electron chi connectivity index (χ4n) is 1.57. The molecule has 0 heterocycles. The minimum atomic E-state index is -0.666. The van der Waals surface area contributed by atoms with E-state index in [1.807, 2.05) is 13.8 Å². The maximum absolute atomic E-state index is 11.7. The molecule has 0 fully saturated rings. The number of hydrogen-bond acceptors (Lipinski definition) is 4. The summed E-state index contributed by atoms with van der Waals surface area (Å²) >= 11 is 0. The molecule has 1 aromatic carbocycles. The number of hydrogen-bond donors (Lipinski definition) is 5. The summed E-state index contributed by atoms with van der Waals surface area (Å²) in [7, 11) is 0. The number of nitrogens with two attached hydrogens (primary N) is 2. The van der Waals surface area contributed by atoms with Crippen molar-refractivity contribution in [2.24, 2.45) is 17.4 Å². The minimum Gasteiger partial charge on any atom is -0.351 e. The van der Waals surface area contributed by atoms with Crippen molar-refractivity contribution in [3.05, 3.63) is 24.3 Å². The first kappa shape index (κ1) is 17.4. The van der Waals surface area contributed by atoms with Crippen molar-refractivity contribution in [3.63, 3.8) is 0 Å². The molecular formula is C14H21N5O3. The van der Waals surface area contributed by atoms with E-state index in [4.69, 9.17) is 11.5 Å². The van der Waals surface area contributed by atoms with Crippen LogP contribution in [0.3, 0.4) is 0 Å². The summed E-state index contributed by atoms with van der Waals surface area (Å²) in [6.07, 6.45) is 0. The Morgan fingerprint density at radius 2 is 1.55 bits per heavy atom. The number of benzene rings is 1. The number of primary amides is 1. The third-order valence-electron chi connectivity index (χ3n) is 2.88. The van der Waals surface area contributed by atoms with Crippen molar-refractivity contribution in [2.45, 2.75) is 19.9 Å². The number of anilines is 2. The molecule has 0 saturated carbocycles. The first-order valence-electron chi connectivity index (χ1n) is 6.79. The number of carbonyl (C=O) groups excluding carboxylic acids is 3. The monoisotopic (exact) mass is 307 g/mol. The molecule has 4 amide bonds. The molecule has 0 radical (unpaired) electrons. The zero-order chi connectivity index (χ0) is 16.7. The Kier molecular flexibility index (Phi) is 6.33. The fourth-order valence-corrected chi connectivity index (χ4v) is 1.57. The van der Waals surface area contributed by atoms with Gasteiger partial charge < -0.3 is 27.4 Å². The van der Waals surface area contributed by atoms with Crippen molar-refractivity contribution in [1.82, 2.24) is 5.32 Å². The van der Waals surface area contributed by atoms with Crippen LogP contribution >= 0.6 is 0 Å². The highest BCUT2D eigenvalue weighted by Crippen LogP contribution is 2.13. The molecule has 120 valence electrons. The van der Waals surface area contributed by atoms with Gasteiger partial charge in [-0.15, -0.1) is 0 Å². The maximum atomic E-state index is 11.7. The molecule has 0 aliphatic carbocycles. The molecule has 22 heavy (non-hydrogen) atoms. The molecule has 8 heteroatoms. The lowest BCUT2D eigenvalue weighted by molar-refractivity contribution is -0.125. The second-order valence-corrected chi connectivity index (χ2v) is 5.10. The van der Waals surface area contributed by atoms with E-state index in [9.17, 15) is 14.4 Å². The van der Waals surface area contributed by atoms with Crippen LogP contribution in [-0.4, -0.2) is 30.4 Å². The van der Waals surface area contributed by atoms with E-state index >= 15 is 0 Å². The molecule has 0 bridgehead atoms. The molecule has 7 N–H and O–H groups in total. The maximum Gasteiger partial charge on any atom is 0.316 e. The average molecular weight is 307 g/mol. The van der Waals surface area contributed by atoms with Crippen LogP contribution in [0.15, 0.2) is 24.3 Å². The molecule has 1 atom stereocenters. The zero-order valence-corrected chi connectivity index (χ0v) is 12.6. The second-order valence-electron chi connectivity index (χ2n) is 5.10. The SMILES string of the molecule is CC(C)[C@H](N)C(=O)NCC(=O)Nc1ccc(NC(N)=O)cc1. The van der Waals surface area contributed by atoms with Crippen LogP contribution in [0.4, 0.5) is 16.2 Å². The largest absolute Gasteiger partial charge is 0.351 e. The standard InChI is InChI=1S/C14H21N5O3/c1-8(2)12(15)13(21)17-7-11(20)18-9-3-5-10(6-4-9)19-14(16)22/h3-6,8,12H,7,15H2,1-2H3,(H,17,21)(H,18,20)(H3,16,19,22)/t12-/m0/s1. The predicted molar refractivity (Wildman–Crippen MR) is 84.1 cm³/mol. The number of carbonyl (C=O) groups is 3. The Balaban J connectivity index is 2.45. The van der Waals surface area contributed by atoms with Gasteiger partial charge in [0.2, 0.25) is 11.8 Å². The van der Waals surface area contributed by atoms with Gasteiger partial charge in [0, 0.05) is 11.4 Å². The first-order chi connectivity index (χ1) is 10.3. The van der Waals surface area contributed by atoms with Crippen LogP contribution in [0.1, 0.15) is 13.8 Å². The highest BCUT2D eigenvalue weighted by molar-refractivity contribution is 5.95. The van der Waals surface area contributed by atoms with Gasteiger partial charge in [0.15, 0.2) is 0 Å². The summed E-state index contributed by atoms with van der Waals surface area (Å²) in [5, 5.41) is 7.48. The van der Waals surface area contributed by atoms with Crippen LogP contribution in [0.25, 0.3) is 0 Å². The predicted octanol–water partition coefficient (Wildman–Crippen LogP) is 0.215. The number of amides is 4. The normalized spacial score (nSPS) is 11.6. The Morgan fingerprint density at radius 1 is 1.05 bits per heavy atom. The molecule has 0 saturated heterocycles. The lowest BCUT2D eigenvalue weighted by Gasteiger charge is -2.15. The quantitative estimate of drug-likeness (QED) is 0.512. The van der Waals surface area contributed by atoms with Crippen LogP contribution in [0, 0.1) is 5.92 Å². The van der Waals surface area contributed by atoms with E-state index in [1.165, 1.54) is 0 Å². The molecule has 1 rings (SSSR count). The lowest BCUT2D eigenvalue weighted by atomic mass is 10.1. The smallest absolute Gasteiger partial charge is 0.316 e. The van der Waals surface area contributed by atoms with Gasteiger partial charge in [-0.25, -0.2) is 4.79 Å². The van der Waals surface area contributed by atoms with Crippen LogP contribution in [0.2, 0.25) is 0 Å². The Labute approximate surface area is 128 Å². The summed E-state index contributed by atoms with van der Waals surface area (Å²) in [5.74, 6) is -0.751. The van der Waals surface area contributed by atoms with Crippen LogP contribution < -0.4 is 27.4 Å². The first-order valence-corrected chi connectivity index (χ1v) is 6.79. The van der Waals surface area contributed by atoms with Gasteiger partial charge in [0.05, 0.1) is 12.6 Å². The summed E-state index contributed by atoms with van der Waals surface area (Å²) in [5.41, 5.74) is 11.7. The van der Waals surface area contributed by atoms with Gasteiger partial charge in [-0.3, -0.25) is 9.59 Å². The Bertz CT molecular complexity index is 542. The van der Waals surface area contributed by atoms with E-state index in [-0.39, 0.29) is 24.3 Å². The highest BCUT2D eigenvalue weighted by atomic mass is 16.2. The van der Waals surface area contributed by atoms with Crippen LogP contribution in [-0.2, 0) is 9.59 Å². The van der Waals surface area contributed by atoms with Gasteiger partial charge in [-0.2, -0.15) is 0 Å². The minimum absolute atomic E-state index is 0.00615. The van der Waals surface area contributed by atoms with Gasteiger partial charge in [0.25, 0.3) is 0 Å². The van der Waals surface area contributed by atoms with Gasteiger partial charge in [-0.1, -0.05) is 13.8 Å². The third-order valence-corrected chi connectivity index (χ3v) is 2.88. The van der Waals surface area contributed by atoms with E-state index in [2.05, 4.69) is 16.0 Å². The summed E-state index contributed by atoms with van der Waals surface area (Å²) in [6, 6.07) is 5.07. The Hall–Kier alpha value is -2.61. The lowest BCUT2D eigenvalue weighted by Crippen LogP contribution is -2.46. The molecular weight excluding hydrogens is 286 g/mol. The molecule has 0 aliphatic rings. The molecule has 1 aromatic rings. The molecule has 0 unspecified atom stereocenters. The summed E-state index contributed by atoms with van der Waals surface area (Å²) in [4.78, 5) is 34.0. The van der Waals surface area contributed by atoms with Crippen molar-refractivity contribution in [1.29, 1.82) is 0 Å². The van der Waals surface area contributed by atoms with Gasteiger partial charge in [0.1, 0.15) is 0 Å². The van der Waals surface area contributed by atoms with Crippen molar-refractivity contribution in [3.8, 4) is 0 Å². The van der Waals surface area contributed by atoms with Gasteiger partial charge >= 0.3 is 6.03 Å². The molecule has 0 aromatic heterocycles. The number of rotatable bonds is 6. The zero-order valence-electron chi connectivity index (χ0n) is 12.6. The van der Waals surface area contributed by atoms with E-state index in [0.717, 1.165) is 0 Å². The van der Waals surface area contributed by atoms with Gasteiger partial charge in [-0.05, 0) is 30.2 Å². The summed E-state index contributed by atoms with van der Waals surface area (Å²) in [6.45, 7) is 3.48.